The molecule has 106 valence electrons. The van der Waals surface area contributed by atoms with Gasteiger partial charge in [-0.3, -0.25) is 14.9 Å². The highest BCUT2D eigenvalue weighted by Crippen LogP contribution is 2.31. The lowest BCUT2D eigenvalue weighted by Crippen LogP contribution is -2.16. The second kappa shape index (κ2) is 6.29. The SMILES string of the molecule is C=C(C(=O)OCC)C(=O)c1cc(C)cc([N+](=O)[O-])c1Cl. The quantitative estimate of drug-likeness (QED) is 0.159. The van der Waals surface area contributed by atoms with Crippen LogP contribution < -0.4 is 0 Å². The number of hydrogen-bond acceptors (Lipinski definition) is 5. The molecule has 6 nitrogen and oxygen atoms in total. The van der Waals surface area contributed by atoms with Gasteiger partial charge >= 0.3 is 5.97 Å². The predicted molar refractivity (Wildman–Crippen MR) is 72.9 cm³/mol. The van der Waals surface area contributed by atoms with Gasteiger partial charge in [-0.05, 0) is 25.5 Å². The summed E-state index contributed by atoms with van der Waals surface area (Å²) in [5.74, 6) is -1.67. The summed E-state index contributed by atoms with van der Waals surface area (Å²) in [6, 6.07) is 2.61. The number of nitro benzene ring substituents is 1. The molecule has 20 heavy (non-hydrogen) atoms. The first-order valence-electron chi connectivity index (χ1n) is 5.64. The molecule has 0 aliphatic heterocycles. The van der Waals surface area contributed by atoms with Crippen molar-refractivity contribution < 1.29 is 19.2 Å². The lowest BCUT2D eigenvalue weighted by molar-refractivity contribution is -0.384. The van der Waals surface area contributed by atoms with Gasteiger partial charge < -0.3 is 4.74 Å². The van der Waals surface area contributed by atoms with E-state index in [-0.39, 0.29) is 17.2 Å². The molecule has 0 aromatic heterocycles. The molecule has 1 aromatic rings. The number of ketones is 1. The molecule has 7 heteroatoms. The Balaban J connectivity index is 3.26. The topological polar surface area (TPSA) is 86.5 Å². The van der Waals surface area contributed by atoms with Gasteiger partial charge in [0.1, 0.15) is 10.6 Å². The molecule has 0 fully saturated rings. The smallest absolute Gasteiger partial charge is 0.341 e. The van der Waals surface area contributed by atoms with Gasteiger partial charge in [0.25, 0.3) is 5.69 Å². The second-order valence-electron chi connectivity index (χ2n) is 3.93. The van der Waals surface area contributed by atoms with Crippen molar-refractivity contribution in [3.05, 3.63) is 50.5 Å². The van der Waals surface area contributed by atoms with Crippen LogP contribution >= 0.6 is 11.6 Å². The van der Waals surface area contributed by atoms with Gasteiger partial charge in [-0.1, -0.05) is 18.2 Å². The molecule has 0 radical (unpaired) electrons. The average Bonchev–Trinajstić information content (AvgIpc) is 2.39. The number of carbonyl (C=O) groups excluding carboxylic acids is 2. The number of halogens is 1. The molecule has 0 unspecified atom stereocenters. The Labute approximate surface area is 120 Å². The second-order valence-corrected chi connectivity index (χ2v) is 4.31. The van der Waals surface area contributed by atoms with Crippen LogP contribution in [0.25, 0.3) is 0 Å². The summed E-state index contributed by atoms with van der Waals surface area (Å²) < 4.78 is 4.66. The molecule has 0 saturated carbocycles. The normalized spacial score (nSPS) is 9.95. The molecule has 0 heterocycles. The standard InChI is InChI=1S/C13H12ClNO5/c1-4-20-13(17)8(3)12(16)9-5-7(2)6-10(11(9)14)15(18)19/h5-6H,3-4H2,1-2H3. The Bertz CT molecular complexity index is 609. The molecular formula is C13H12ClNO5. The third-order valence-electron chi connectivity index (χ3n) is 2.43. The van der Waals surface area contributed by atoms with Gasteiger partial charge in [0.2, 0.25) is 5.78 Å². The summed E-state index contributed by atoms with van der Waals surface area (Å²) in [6.45, 7) is 6.59. The summed E-state index contributed by atoms with van der Waals surface area (Å²) in [4.78, 5) is 33.7. The number of carbonyl (C=O) groups is 2. The van der Waals surface area contributed by atoms with Crippen LogP contribution in [0.3, 0.4) is 0 Å². The van der Waals surface area contributed by atoms with Crippen LogP contribution in [0.1, 0.15) is 22.8 Å². The number of hydrogen-bond donors (Lipinski definition) is 0. The van der Waals surface area contributed by atoms with Gasteiger partial charge in [-0.25, -0.2) is 4.79 Å². The summed E-state index contributed by atoms with van der Waals surface area (Å²) in [7, 11) is 0. The maximum absolute atomic E-state index is 12.1. The minimum atomic E-state index is -0.877. The molecule has 0 amide bonds. The number of nitro groups is 1. The van der Waals surface area contributed by atoms with Crippen molar-refractivity contribution in [1.29, 1.82) is 0 Å². The summed E-state index contributed by atoms with van der Waals surface area (Å²) >= 11 is 5.84. The monoisotopic (exact) mass is 297 g/mol. The Morgan fingerprint density at radius 3 is 2.55 bits per heavy atom. The van der Waals surface area contributed by atoms with Crippen LogP contribution in [-0.2, 0) is 9.53 Å². The Morgan fingerprint density at radius 1 is 1.45 bits per heavy atom. The van der Waals surface area contributed by atoms with E-state index in [1.807, 2.05) is 0 Å². The van der Waals surface area contributed by atoms with E-state index in [1.165, 1.54) is 12.1 Å². The van der Waals surface area contributed by atoms with Gasteiger partial charge in [-0.15, -0.1) is 0 Å². The molecule has 0 bridgehead atoms. The van der Waals surface area contributed by atoms with E-state index in [4.69, 9.17) is 11.6 Å². The summed E-state index contributed by atoms with van der Waals surface area (Å²) in [6.07, 6.45) is 0. The molecule has 0 atom stereocenters. The first kappa shape index (κ1) is 15.8. The molecule has 0 N–H and O–H groups in total. The van der Waals surface area contributed by atoms with E-state index in [1.54, 1.807) is 13.8 Å². The molecule has 1 rings (SSSR count). The largest absolute Gasteiger partial charge is 0.462 e. The van der Waals surface area contributed by atoms with Crippen molar-refractivity contribution in [1.82, 2.24) is 0 Å². The molecule has 0 aliphatic rings. The minimum absolute atomic E-state index is 0.0901. The molecule has 1 aromatic carbocycles. The first-order valence-corrected chi connectivity index (χ1v) is 6.02. The van der Waals surface area contributed by atoms with E-state index in [9.17, 15) is 19.7 Å². The van der Waals surface area contributed by atoms with Gasteiger partial charge in [0, 0.05) is 11.6 Å². The third kappa shape index (κ3) is 3.21. The zero-order valence-corrected chi connectivity index (χ0v) is 11.7. The van der Waals surface area contributed by atoms with E-state index in [2.05, 4.69) is 11.3 Å². The Kier molecular flexibility index (Phi) is 4.99. The van der Waals surface area contributed by atoms with Crippen molar-refractivity contribution in [2.75, 3.05) is 6.61 Å². The molecule has 0 spiro atoms. The fourth-order valence-electron chi connectivity index (χ4n) is 1.52. The fourth-order valence-corrected chi connectivity index (χ4v) is 1.79. The number of Topliss-reactive ketones (excluding diaryl/α,β-unsaturated/α-hetero) is 1. The van der Waals surface area contributed by atoms with Crippen LogP contribution in [0.5, 0.6) is 0 Å². The Morgan fingerprint density at radius 2 is 2.05 bits per heavy atom. The van der Waals surface area contributed by atoms with Crippen LogP contribution in [0.15, 0.2) is 24.3 Å². The number of ether oxygens (including phenoxy) is 1. The van der Waals surface area contributed by atoms with Crippen LogP contribution in [0.4, 0.5) is 5.69 Å². The lowest BCUT2D eigenvalue weighted by Gasteiger charge is -2.07. The molecule has 0 aliphatic carbocycles. The van der Waals surface area contributed by atoms with Crippen LogP contribution in [0, 0.1) is 17.0 Å². The zero-order chi connectivity index (χ0) is 15.4. The maximum Gasteiger partial charge on any atom is 0.341 e. The van der Waals surface area contributed by atoms with Crippen LogP contribution in [-0.4, -0.2) is 23.3 Å². The summed E-state index contributed by atoms with van der Waals surface area (Å²) in [5, 5.41) is 10.5. The maximum atomic E-state index is 12.1. The average molecular weight is 298 g/mol. The minimum Gasteiger partial charge on any atom is -0.462 e. The van der Waals surface area contributed by atoms with Gasteiger partial charge in [0.15, 0.2) is 0 Å². The van der Waals surface area contributed by atoms with E-state index in [0.717, 1.165) is 0 Å². The third-order valence-corrected chi connectivity index (χ3v) is 2.83. The first-order chi connectivity index (χ1) is 9.29. The summed E-state index contributed by atoms with van der Waals surface area (Å²) in [5.41, 5.74) is -0.488. The van der Waals surface area contributed by atoms with Crippen molar-refractivity contribution in [2.24, 2.45) is 0 Å². The highest BCUT2D eigenvalue weighted by Gasteiger charge is 2.26. The number of benzene rings is 1. The number of nitrogens with zero attached hydrogens (tertiary/aromatic N) is 1. The fraction of sp³-hybridized carbons (Fsp3) is 0.231. The predicted octanol–water partition coefficient (Wildman–Crippen LogP) is 2.86. The zero-order valence-electron chi connectivity index (χ0n) is 10.9. The highest BCUT2D eigenvalue weighted by atomic mass is 35.5. The lowest BCUT2D eigenvalue weighted by atomic mass is 10.0. The van der Waals surface area contributed by atoms with Gasteiger partial charge in [-0.2, -0.15) is 0 Å². The number of aryl methyl sites for hydroxylation is 1. The van der Waals surface area contributed by atoms with E-state index < -0.39 is 27.9 Å². The van der Waals surface area contributed by atoms with Crippen molar-refractivity contribution in [2.45, 2.75) is 13.8 Å². The van der Waals surface area contributed by atoms with Crippen molar-refractivity contribution in [3.63, 3.8) is 0 Å². The highest BCUT2D eigenvalue weighted by molar-refractivity contribution is 6.38. The molecule has 0 saturated heterocycles. The van der Waals surface area contributed by atoms with E-state index >= 15 is 0 Å². The number of rotatable bonds is 5. The van der Waals surface area contributed by atoms with Crippen LogP contribution in [0.2, 0.25) is 5.02 Å². The van der Waals surface area contributed by atoms with Crippen molar-refractivity contribution in [3.8, 4) is 0 Å². The molecular weight excluding hydrogens is 286 g/mol. The Hall–Kier alpha value is -2.21. The van der Waals surface area contributed by atoms with Crippen molar-refractivity contribution >= 4 is 29.0 Å². The number of esters is 1. The van der Waals surface area contributed by atoms with E-state index in [0.29, 0.717) is 5.56 Å². The van der Waals surface area contributed by atoms with Gasteiger partial charge in [0.05, 0.1) is 11.5 Å².